The van der Waals surface area contributed by atoms with Crippen LogP contribution in [-0.4, -0.2) is 5.75 Å². The maximum Gasteiger partial charge on any atom is 0.0551 e. The topological polar surface area (TPSA) is 12.0 Å². The molecule has 1 N–H and O–H groups in total. The second-order valence-corrected chi connectivity index (χ2v) is 7.84. The molecule has 1 unspecified atom stereocenters. The number of hydrogen-bond donors (Lipinski definition) is 1. The van der Waals surface area contributed by atoms with Crippen LogP contribution in [0.25, 0.3) is 0 Å². The molecule has 1 heterocycles. The summed E-state index contributed by atoms with van der Waals surface area (Å²) < 4.78 is 0.930. The summed E-state index contributed by atoms with van der Waals surface area (Å²) in [5.41, 5.74) is 2.49. The molecule has 5 heteroatoms. The summed E-state index contributed by atoms with van der Waals surface area (Å²) >= 11 is 17.6. The molecule has 0 aromatic heterocycles. The third kappa shape index (κ3) is 3.77. The number of thioether (sulfide) groups is 1. The minimum atomic E-state index is 0.349. The lowest BCUT2D eigenvalue weighted by molar-refractivity contribution is 0.510. The molecule has 2 aromatic rings. The Morgan fingerprint density at radius 1 is 1.19 bits per heavy atom. The van der Waals surface area contributed by atoms with Gasteiger partial charge in [0.1, 0.15) is 0 Å². The maximum absolute atomic E-state index is 6.14. The highest BCUT2D eigenvalue weighted by atomic mass is 79.9. The van der Waals surface area contributed by atoms with Gasteiger partial charge in [-0.2, -0.15) is 0 Å². The molecule has 3 rings (SSSR count). The van der Waals surface area contributed by atoms with Crippen LogP contribution in [0.1, 0.15) is 23.6 Å². The number of hydrogen-bond acceptors (Lipinski definition) is 2. The van der Waals surface area contributed by atoms with Gasteiger partial charge in [0.2, 0.25) is 0 Å². The van der Waals surface area contributed by atoms with E-state index in [0.29, 0.717) is 6.04 Å². The summed E-state index contributed by atoms with van der Waals surface area (Å²) in [5.74, 6) is 1.13. The molecule has 1 aliphatic heterocycles. The lowest BCUT2D eigenvalue weighted by Crippen LogP contribution is -2.24. The van der Waals surface area contributed by atoms with Gasteiger partial charge in [-0.05, 0) is 69.6 Å². The van der Waals surface area contributed by atoms with Gasteiger partial charge in [-0.3, -0.25) is 0 Å². The van der Waals surface area contributed by atoms with Crippen LogP contribution in [0.4, 0.5) is 0 Å². The van der Waals surface area contributed by atoms with Crippen molar-refractivity contribution in [2.45, 2.75) is 23.9 Å². The van der Waals surface area contributed by atoms with Gasteiger partial charge in [0.05, 0.1) is 5.02 Å². The molecule has 110 valence electrons. The molecule has 2 aromatic carbocycles. The molecule has 1 nitrogen and oxygen atoms in total. The summed E-state index contributed by atoms with van der Waals surface area (Å²) in [6.45, 7) is 0.800. The quantitative estimate of drug-likeness (QED) is 0.667. The smallest absolute Gasteiger partial charge is 0.0551 e. The van der Waals surface area contributed by atoms with Crippen LogP contribution < -0.4 is 5.32 Å². The van der Waals surface area contributed by atoms with Crippen molar-refractivity contribution in [2.24, 2.45) is 0 Å². The van der Waals surface area contributed by atoms with E-state index in [1.54, 1.807) is 0 Å². The lowest BCUT2D eigenvalue weighted by Gasteiger charge is -2.26. The number of fused-ring (bicyclic) bond motifs is 1. The van der Waals surface area contributed by atoms with Crippen LogP contribution in [0.2, 0.25) is 10.0 Å². The molecule has 0 spiro atoms. The molecule has 0 aliphatic carbocycles. The van der Waals surface area contributed by atoms with Crippen molar-refractivity contribution in [3.8, 4) is 0 Å². The van der Waals surface area contributed by atoms with Crippen molar-refractivity contribution in [2.75, 3.05) is 5.75 Å². The molecule has 0 fully saturated rings. The van der Waals surface area contributed by atoms with Gasteiger partial charge in [-0.15, -0.1) is 11.8 Å². The molecule has 1 aliphatic rings. The average Bonchev–Trinajstić information content (AvgIpc) is 2.48. The Labute approximate surface area is 147 Å². The molecule has 1 atom stereocenters. The fourth-order valence-electron chi connectivity index (χ4n) is 2.47. The van der Waals surface area contributed by atoms with E-state index in [0.717, 1.165) is 33.2 Å². The van der Waals surface area contributed by atoms with Gasteiger partial charge in [0.15, 0.2) is 0 Å². The van der Waals surface area contributed by atoms with Crippen molar-refractivity contribution in [1.29, 1.82) is 0 Å². The zero-order valence-electron chi connectivity index (χ0n) is 11.2. The maximum atomic E-state index is 6.14. The first-order valence-electron chi connectivity index (χ1n) is 6.73. The third-order valence-corrected chi connectivity index (χ3v) is 6.14. The molecule has 0 amide bonds. The summed E-state index contributed by atoms with van der Waals surface area (Å²) in [6.07, 6.45) is 1.11. The van der Waals surface area contributed by atoms with Gasteiger partial charge >= 0.3 is 0 Å². The molecular formula is C16H14BrCl2NS. The lowest BCUT2D eigenvalue weighted by atomic mass is 10.0. The Kier molecular flexibility index (Phi) is 5.18. The highest BCUT2D eigenvalue weighted by Gasteiger charge is 2.20. The van der Waals surface area contributed by atoms with Crippen molar-refractivity contribution in [3.05, 3.63) is 62.0 Å². The van der Waals surface area contributed by atoms with E-state index < -0.39 is 0 Å². The molecular weight excluding hydrogens is 389 g/mol. The van der Waals surface area contributed by atoms with Crippen LogP contribution in [0, 0.1) is 0 Å². The Hall–Kier alpha value is -0.190. The number of rotatable bonds is 3. The molecule has 21 heavy (non-hydrogen) atoms. The minimum absolute atomic E-state index is 0.349. The standard InChI is InChI=1S/C16H14BrCl2NS/c17-13-3-1-10(7-14(13)19)9-20-15-5-6-21-16-4-2-11(18)8-12(15)16/h1-4,7-8,15,20H,5-6,9H2. The highest BCUT2D eigenvalue weighted by molar-refractivity contribution is 9.10. The van der Waals surface area contributed by atoms with Gasteiger partial charge < -0.3 is 5.32 Å². The Balaban J connectivity index is 1.74. The van der Waals surface area contributed by atoms with Crippen LogP contribution in [0.15, 0.2) is 45.8 Å². The summed E-state index contributed by atoms with van der Waals surface area (Å²) in [5, 5.41) is 5.17. The van der Waals surface area contributed by atoms with E-state index >= 15 is 0 Å². The van der Waals surface area contributed by atoms with E-state index in [1.807, 2.05) is 30.0 Å². The van der Waals surface area contributed by atoms with E-state index in [2.05, 4.69) is 39.4 Å². The molecule has 0 saturated heterocycles. The summed E-state index contributed by atoms with van der Waals surface area (Å²) in [7, 11) is 0. The van der Waals surface area contributed by atoms with Gasteiger partial charge in [-0.25, -0.2) is 0 Å². The van der Waals surface area contributed by atoms with Crippen molar-refractivity contribution in [1.82, 2.24) is 5.32 Å². The van der Waals surface area contributed by atoms with Crippen molar-refractivity contribution in [3.63, 3.8) is 0 Å². The normalized spacial score (nSPS) is 17.6. The van der Waals surface area contributed by atoms with Crippen LogP contribution in [0.3, 0.4) is 0 Å². The molecule has 0 radical (unpaired) electrons. The average molecular weight is 403 g/mol. The SMILES string of the molecule is Clc1ccc2c(c1)C(NCc1ccc(Br)c(Cl)c1)CCS2. The first-order chi connectivity index (χ1) is 10.1. The summed E-state index contributed by atoms with van der Waals surface area (Å²) in [4.78, 5) is 1.33. The van der Waals surface area contributed by atoms with E-state index in [4.69, 9.17) is 23.2 Å². The van der Waals surface area contributed by atoms with Crippen LogP contribution in [0.5, 0.6) is 0 Å². The summed E-state index contributed by atoms with van der Waals surface area (Å²) in [6, 6.07) is 12.6. The second kappa shape index (κ2) is 6.93. The van der Waals surface area contributed by atoms with Crippen molar-refractivity contribution < 1.29 is 0 Å². The van der Waals surface area contributed by atoms with Gasteiger partial charge in [0, 0.05) is 27.0 Å². The minimum Gasteiger partial charge on any atom is -0.306 e. The van der Waals surface area contributed by atoms with Crippen LogP contribution in [-0.2, 0) is 6.54 Å². The highest BCUT2D eigenvalue weighted by Crippen LogP contribution is 2.37. The molecule has 0 bridgehead atoms. The number of nitrogens with one attached hydrogen (secondary N) is 1. The number of halogens is 3. The first kappa shape index (κ1) is 15.7. The molecule has 0 saturated carbocycles. The Morgan fingerprint density at radius 3 is 2.86 bits per heavy atom. The van der Waals surface area contributed by atoms with Crippen molar-refractivity contribution >= 4 is 50.9 Å². The fraction of sp³-hybridized carbons (Fsp3) is 0.250. The predicted octanol–water partition coefficient (Wildman–Crippen LogP) is 6.08. The second-order valence-electron chi connectivity index (χ2n) is 5.00. The first-order valence-corrected chi connectivity index (χ1v) is 9.26. The van der Waals surface area contributed by atoms with Gasteiger partial charge in [0.25, 0.3) is 0 Å². The monoisotopic (exact) mass is 401 g/mol. The van der Waals surface area contributed by atoms with E-state index in [9.17, 15) is 0 Å². The fourth-order valence-corrected chi connectivity index (χ4v) is 4.20. The zero-order valence-corrected chi connectivity index (χ0v) is 15.1. The van der Waals surface area contributed by atoms with Gasteiger partial charge in [-0.1, -0.05) is 29.3 Å². The van der Waals surface area contributed by atoms with E-state index in [-0.39, 0.29) is 0 Å². The predicted molar refractivity (Wildman–Crippen MR) is 95.5 cm³/mol. The Bertz CT molecular complexity index is 663. The number of benzene rings is 2. The third-order valence-electron chi connectivity index (χ3n) is 3.55. The Morgan fingerprint density at radius 2 is 2.05 bits per heavy atom. The zero-order chi connectivity index (χ0) is 14.8. The largest absolute Gasteiger partial charge is 0.306 e. The van der Waals surface area contributed by atoms with Crippen LogP contribution >= 0.6 is 50.9 Å². The van der Waals surface area contributed by atoms with E-state index in [1.165, 1.54) is 16.0 Å².